The van der Waals surface area contributed by atoms with E-state index in [9.17, 15) is 0 Å². The van der Waals surface area contributed by atoms with Crippen LogP contribution in [0.4, 0.5) is 0 Å². The van der Waals surface area contributed by atoms with Crippen LogP contribution in [0.5, 0.6) is 0 Å². The minimum absolute atomic E-state index is 0.677. The zero-order valence-corrected chi connectivity index (χ0v) is 22.7. The molecule has 0 amide bonds. The van der Waals surface area contributed by atoms with Crippen molar-refractivity contribution in [3.8, 4) is 67.4 Å². The first-order valence-electron chi connectivity index (χ1n) is 13.7. The summed E-state index contributed by atoms with van der Waals surface area (Å²) in [7, 11) is 0. The molecule has 5 heteroatoms. The molecule has 0 unspecified atom stereocenters. The highest BCUT2D eigenvalue weighted by Gasteiger charge is 2.12. The second-order valence-corrected chi connectivity index (χ2v) is 9.88. The number of rotatable bonds is 6. The van der Waals surface area contributed by atoms with Gasteiger partial charge >= 0.3 is 0 Å². The van der Waals surface area contributed by atoms with Crippen molar-refractivity contribution in [3.05, 3.63) is 152 Å². The van der Waals surface area contributed by atoms with E-state index in [0.29, 0.717) is 5.82 Å². The van der Waals surface area contributed by atoms with Gasteiger partial charge in [0.25, 0.3) is 0 Å². The van der Waals surface area contributed by atoms with Crippen LogP contribution in [0.15, 0.2) is 152 Å². The lowest BCUT2D eigenvalue weighted by Crippen LogP contribution is -1.96. The van der Waals surface area contributed by atoms with Gasteiger partial charge in [0.2, 0.25) is 0 Å². The molecule has 0 atom stereocenters. The van der Waals surface area contributed by atoms with E-state index in [1.807, 2.05) is 61.1 Å². The molecule has 0 aliphatic carbocycles. The van der Waals surface area contributed by atoms with E-state index >= 15 is 0 Å². The van der Waals surface area contributed by atoms with Crippen molar-refractivity contribution in [1.82, 2.24) is 24.9 Å². The van der Waals surface area contributed by atoms with Gasteiger partial charge in [-0.05, 0) is 64.7 Å². The lowest BCUT2D eigenvalue weighted by Gasteiger charge is -2.11. The summed E-state index contributed by atoms with van der Waals surface area (Å²) >= 11 is 0. The largest absolute Gasteiger partial charge is 0.265 e. The van der Waals surface area contributed by atoms with E-state index in [1.54, 1.807) is 12.4 Å². The van der Waals surface area contributed by atoms with Gasteiger partial charge in [-0.2, -0.15) is 0 Å². The van der Waals surface area contributed by atoms with Crippen LogP contribution in [0.2, 0.25) is 0 Å². The van der Waals surface area contributed by atoms with Crippen molar-refractivity contribution in [3.63, 3.8) is 0 Å². The molecule has 0 aliphatic rings. The number of benzene rings is 3. The number of pyridine rings is 3. The third kappa shape index (κ3) is 5.31. The van der Waals surface area contributed by atoms with Gasteiger partial charge in [-0.3, -0.25) is 15.0 Å². The fourth-order valence-corrected chi connectivity index (χ4v) is 4.95. The Labute approximate surface area is 244 Å². The maximum Gasteiger partial charge on any atom is 0.160 e. The summed E-state index contributed by atoms with van der Waals surface area (Å²) in [6.07, 6.45) is 9.05. The van der Waals surface area contributed by atoms with Gasteiger partial charge in [-0.1, -0.05) is 78.9 Å². The highest BCUT2D eigenvalue weighted by Crippen LogP contribution is 2.31. The van der Waals surface area contributed by atoms with Crippen molar-refractivity contribution >= 4 is 0 Å². The van der Waals surface area contributed by atoms with Crippen molar-refractivity contribution in [2.24, 2.45) is 0 Å². The van der Waals surface area contributed by atoms with Crippen LogP contribution in [-0.2, 0) is 0 Å². The molecular formula is C37H25N5. The van der Waals surface area contributed by atoms with Crippen LogP contribution < -0.4 is 0 Å². The Hall–Kier alpha value is -5.81. The van der Waals surface area contributed by atoms with E-state index < -0.39 is 0 Å². The number of nitrogens with zero attached hydrogens (tertiary/aromatic N) is 5. The average molecular weight is 540 g/mol. The molecule has 0 radical (unpaired) electrons. The maximum atomic E-state index is 5.03. The quantitative estimate of drug-likeness (QED) is 0.212. The SMILES string of the molecule is c1ccc(-c2ccc(-c3cc(-c4ccc(-c5ccncc5)cc4)nc(-c4ccc(-c5ccncc5)cc4)n3)cc2)nc1. The zero-order valence-electron chi connectivity index (χ0n) is 22.7. The third-order valence-corrected chi connectivity index (χ3v) is 7.22. The fourth-order valence-electron chi connectivity index (χ4n) is 4.95. The molecule has 4 heterocycles. The normalized spacial score (nSPS) is 10.9. The molecule has 42 heavy (non-hydrogen) atoms. The zero-order chi connectivity index (χ0) is 28.1. The Morgan fingerprint density at radius 2 is 0.714 bits per heavy atom. The van der Waals surface area contributed by atoms with Crippen molar-refractivity contribution in [2.75, 3.05) is 0 Å². The van der Waals surface area contributed by atoms with Gasteiger partial charge in [0.1, 0.15) is 0 Å². The first-order chi connectivity index (χ1) is 20.8. The molecule has 4 aromatic heterocycles. The number of hydrogen-bond acceptors (Lipinski definition) is 5. The van der Waals surface area contributed by atoms with Gasteiger partial charge < -0.3 is 0 Å². The first-order valence-corrected chi connectivity index (χ1v) is 13.7. The fraction of sp³-hybridized carbons (Fsp3) is 0. The molecule has 0 fully saturated rings. The van der Waals surface area contributed by atoms with Crippen molar-refractivity contribution < 1.29 is 0 Å². The Morgan fingerprint density at radius 3 is 1.17 bits per heavy atom. The van der Waals surface area contributed by atoms with Gasteiger partial charge in [0, 0.05) is 53.2 Å². The van der Waals surface area contributed by atoms with Crippen LogP contribution in [0.3, 0.4) is 0 Å². The molecule has 0 saturated carbocycles. The van der Waals surface area contributed by atoms with E-state index in [0.717, 1.165) is 61.6 Å². The van der Waals surface area contributed by atoms with Gasteiger partial charge in [0.15, 0.2) is 5.82 Å². The van der Waals surface area contributed by atoms with Crippen molar-refractivity contribution in [2.45, 2.75) is 0 Å². The maximum absolute atomic E-state index is 5.03. The topological polar surface area (TPSA) is 64.5 Å². The second kappa shape index (κ2) is 11.4. The molecule has 7 aromatic rings. The molecule has 0 bridgehead atoms. The second-order valence-electron chi connectivity index (χ2n) is 9.88. The van der Waals surface area contributed by atoms with Crippen molar-refractivity contribution in [1.29, 1.82) is 0 Å². The lowest BCUT2D eigenvalue weighted by molar-refractivity contribution is 1.18. The summed E-state index contributed by atoms with van der Waals surface area (Å²) < 4.78 is 0. The minimum Gasteiger partial charge on any atom is -0.265 e. The Bertz CT molecular complexity index is 1680. The van der Waals surface area contributed by atoms with Crippen LogP contribution >= 0.6 is 0 Å². The van der Waals surface area contributed by atoms with Crippen LogP contribution in [-0.4, -0.2) is 24.9 Å². The molecule has 0 aliphatic heterocycles. The van der Waals surface area contributed by atoms with E-state index in [2.05, 4.69) is 93.8 Å². The monoisotopic (exact) mass is 539 g/mol. The lowest BCUT2D eigenvalue weighted by atomic mass is 10.0. The Morgan fingerprint density at radius 1 is 0.310 bits per heavy atom. The van der Waals surface area contributed by atoms with E-state index in [-0.39, 0.29) is 0 Å². The summed E-state index contributed by atoms with van der Waals surface area (Å²) in [4.78, 5) is 22.8. The highest BCUT2D eigenvalue weighted by molar-refractivity contribution is 5.76. The summed E-state index contributed by atoms with van der Waals surface area (Å²) in [6, 6.07) is 41.3. The molecule has 0 spiro atoms. The smallest absolute Gasteiger partial charge is 0.160 e. The first kappa shape index (κ1) is 25.2. The predicted molar refractivity (Wildman–Crippen MR) is 168 cm³/mol. The molecule has 3 aromatic carbocycles. The van der Waals surface area contributed by atoms with Crippen LogP contribution in [0.1, 0.15) is 0 Å². The number of aromatic nitrogens is 5. The number of hydrogen-bond donors (Lipinski definition) is 0. The highest BCUT2D eigenvalue weighted by atomic mass is 14.9. The Balaban J connectivity index is 1.29. The molecule has 198 valence electrons. The minimum atomic E-state index is 0.677. The van der Waals surface area contributed by atoms with Gasteiger partial charge in [-0.25, -0.2) is 9.97 Å². The summed E-state index contributed by atoms with van der Waals surface area (Å²) in [5.41, 5.74) is 11.2. The molecule has 0 N–H and O–H groups in total. The average Bonchev–Trinajstić information content (AvgIpc) is 3.09. The molecule has 7 rings (SSSR count). The molecular weight excluding hydrogens is 514 g/mol. The van der Waals surface area contributed by atoms with Crippen LogP contribution in [0, 0.1) is 0 Å². The Kier molecular flexibility index (Phi) is 6.81. The summed E-state index contributed by atoms with van der Waals surface area (Å²) in [5.74, 6) is 0.677. The van der Waals surface area contributed by atoms with Crippen LogP contribution in [0.25, 0.3) is 67.4 Å². The molecule has 0 saturated heterocycles. The predicted octanol–water partition coefficient (Wildman–Crippen LogP) is 8.66. The van der Waals surface area contributed by atoms with Gasteiger partial charge in [-0.15, -0.1) is 0 Å². The summed E-state index contributed by atoms with van der Waals surface area (Å²) in [6.45, 7) is 0. The third-order valence-electron chi connectivity index (χ3n) is 7.22. The standard InChI is InChI=1S/C37H25N5/c1-2-20-40-34(3-1)30-10-12-32(13-11-30)36-25-35(31-8-4-26(5-9-31)28-16-21-38-22-17-28)41-37(42-36)33-14-6-27(7-15-33)29-18-23-39-24-19-29/h1-25H. The van der Waals surface area contributed by atoms with Gasteiger partial charge in [0.05, 0.1) is 17.1 Å². The summed E-state index contributed by atoms with van der Waals surface area (Å²) in [5, 5.41) is 0. The van der Waals surface area contributed by atoms with E-state index in [4.69, 9.17) is 9.97 Å². The molecule has 5 nitrogen and oxygen atoms in total. The van der Waals surface area contributed by atoms with E-state index in [1.165, 1.54) is 0 Å².